The first-order chi connectivity index (χ1) is 10.2. The number of hydrogen-bond donors (Lipinski definition) is 1. The highest BCUT2D eigenvalue weighted by Gasteiger charge is 2.05. The van der Waals surface area contributed by atoms with E-state index in [9.17, 15) is 0 Å². The summed E-state index contributed by atoms with van der Waals surface area (Å²) in [7, 11) is 1.65. The Hall–Kier alpha value is -2.03. The molecular weight excluding hydrogens is 282 g/mol. The van der Waals surface area contributed by atoms with Gasteiger partial charge in [-0.05, 0) is 36.2 Å². The third-order valence-electron chi connectivity index (χ3n) is 2.75. The van der Waals surface area contributed by atoms with Crippen molar-refractivity contribution in [1.29, 1.82) is 0 Å². The summed E-state index contributed by atoms with van der Waals surface area (Å²) in [5, 5.41) is 0.751. The lowest BCUT2D eigenvalue weighted by Crippen LogP contribution is -1.95. The van der Waals surface area contributed by atoms with Crippen molar-refractivity contribution in [2.75, 3.05) is 13.7 Å². The smallest absolute Gasteiger partial charge is 0.187 e. The average molecular weight is 299 g/mol. The van der Waals surface area contributed by atoms with Gasteiger partial charge in [0.1, 0.15) is 5.75 Å². The molecule has 0 saturated carbocycles. The van der Waals surface area contributed by atoms with Gasteiger partial charge in [0.15, 0.2) is 5.16 Å². The fourth-order valence-corrected chi connectivity index (χ4v) is 2.46. The zero-order valence-corrected chi connectivity index (χ0v) is 12.9. The van der Waals surface area contributed by atoms with Gasteiger partial charge < -0.3 is 10.5 Å². The largest absolute Gasteiger partial charge is 0.497 e. The summed E-state index contributed by atoms with van der Waals surface area (Å²) in [5.74, 6) is 7.51. The first-order valence-corrected chi connectivity index (χ1v) is 7.49. The molecule has 0 radical (unpaired) electrons. The maximum absolute atomic E-state index is 5.44. The summed E-state index contributed by atoms with van der Waals surface area (Å²) in [6.07, 6.45) is 3.63. The Bertz CT molecular complexity index is 659. The number of aryl methyl sites for hydroxylation is 1. The van der Waals surface area contributed by atoms with E-state index in [4.69, 9.17) is 10.5 Å². The molecule has 0 unspecified atom stereocenters. The van der Waals surface area contributed by atoms with Crippen LogP contribution in [0.1, 0.15) is 16.7 Å². The molecular formula is C16H17N3OS. The molecule has 2 N–H and O–H groups in total. The van der Waals surface area contributed by atoms with Gasteiger partial charge >= 0.3 is 0 Å². The number of aromatic nitrogens is 2. The molecule has 0 aliphatic carbocycles. The second kappa shape index (κ2) is 7.67. The van der Waals surface area contributed by atoms with Gasteiger partial charge in [-0.3, -0.25) is 0 Å². The molecule has 5 heteroatoms. The van der Waals surface area contributed by atoms with Crippen LogP contribution in [0.3, 0.4) is 0 Å². The van der Waals surface area contributed by atoms with Crippen LogP contribution in [0.25, 0.3) is 0 Å². The molecule has 0 aliphatic heterocycles. The number of hydrogen-bond acceptors (Lipinski definition) is 5. The second-order valence-electron chi connectivity index (χ2n) is 4.36. The zero-order chi connectivity index (χ0) is 15.1. The van der Waals surface area contributed by atoms with Crippen LogP contribution in [0.4, 0.5) is 0 Å². The van der Waals surface area contributed by atoms with Crippen LogP contribution >= 0.6 is 11.8 Å². The summed E-state index contributed by atoms with van der Waals surface area (Å²) in [5.41, 5.74) is 8.54. The Morgan fingerprint density at radius 2 is 2.05 bits per heavy atom. The molecule has 21 heavy (non-hydrogen) atoms. The minimum absolute atomic E-state index is 0.347. The lowest BCUT2D eigenvalue weighted by atomic mass is 10.1. The Balaban J connectivity index is 2.18. The summed E-state index contributed by atoms with van der Waals surface area (Å²) in [6.45, 7) is 2.32. The highest BCUT2D eigenvalue weighted by Crippen LogP contribution is 2.24. The molecule has 2 rings (SSSR count). The van der Waals surface area contributed by atoms with Gasteiger partial charge in [-0.2, -0.15) is 0 Å². The monoisotopic (exact) mass is 299 g/mol. The molecule has 108 valence electrons. The highest BCUT2D eigenvalue weighted by atomic mass is 32.2. The Labute approximate surface area is 129 Å². The Morgan fingerprint density at radius 3 is 2.71 bits per heavy atom. The van der Waals surface area contributed by atoms with Crippen molar-refractivity contribution in [3.63, 3.8) is 0 Å². The van der Waals surface area contributed by atoms with E-state index in [1.54, 1.807) is 18.9 Å². The molecule has 0 saturated heterocycles. The topological polar surface area (TPSA) is 61.0 Å². The van der Waals surface area contributed by atoms with Gasteiger partial charge in [0, 0.05) is 23.7 Å². The maximum Gasteiger partial charge on any atom is 0.187 e. The molecule has 1 aromatic heterocycles. The van der Waals surface area contributed by atoms with Crippen molar-refractivity contribution in [2.24, 2.45) is 5.73 Å². The standard InChI is InChI=1S/C16H17N3OS/c1-12-9-18-16(19-10-12)21-11-14-8-15(20-2)6-5-13(14)4-3-7-17/h5-6,8-10H,7,11,17H2,1-2H3. The molecule has 0 spiro atoms. The lowest BCUT2D eigenvalue weighted by molar-refractivity contribution is 0.414. The highest BCUT2D eigenvalue weighted by molar-refractivity contribution is 7.98. The van der Waals surface area contributed by atoms with E-state index in [1.807, 2.05) is 37.5 Å². The number of benzene rings is 1. The summed E-state index contributed by atoms with van der Waals surface area (Å²) < 4.78 is 5.27. The van der Waals surface area contributed by atoms with E-state index in [0.717, 1.165) is 33.3 Å². The van der Waals surface area contributed by atoms with E-state index in [2.05, 4.69) is 21.8 Å². The van der Waals surface area contributed by atoms with Crippen molar-refractivity contribution in [1.82, 2.24) is 9.97 Å². The Kier molecular flexibility index (Phi) is 5.61. The van der Waals surface area contributed by atoms with Crippen LogP contribution in [0.5, 0.6) is 5.75 Å². The zero-order valence-electron chi connectivity index (χ0n) is 12.1. The van der Waals surface area contributed by atoms with Crippen molar-refractivity contribution in [3.8, 4) is 17.6 Å². The normalized spacial score (nSPS) is 9.86. The number of methoxy groups -OCH3 is 1. The van der Waals surface area contributed by atoms with Crippen molar-refractivity contribution in [2.45, 2.75) is 17.8 Å². The van der Waals surface area contributed by atoms with E-state index in [-0.39, 0.29) is 0 Å². The van der Waals surface area contributed by atoms with Crippen LogP contribution in [-0.4, -0.2) is 23.6 Å². The second-order valence-corrected chi connectivity index (χ2v) is 5.30. The molecule has 0 amide bonds. The molecule has 1 aromatic carbocycles. The molecule has 4 nitrogen and oxygen atoms in total. The van der Waals surface area contributed by atoms with Crippen LogP contribution in [0.15, 0.2) is 35.7 Å². The van der Waals surface area contributed by atoms with Crippen molar-refractivity contribution in [3.05, 3.63) is 47.3 Å². The fraction of sp³-hybridized carbons (Fsp3) is 0.250. The minimum atomic E-state index is 0.347. The van der Waals surface area contributed by atoms with Gasteiger partial charge in [-0.15, -0.1) is 0 Å². The SMILES string of the molecule is COc1ccc(C#CCN)c(CSc2ncc(C)cn2)c1. The van der Waals surface area contributed by atoms with E-state index in [0.29, 0.717) is 6.54 Å². The first kappa shape index (κ1) is 15.4. The quantitative estimate of drug-likeness (QED) is 0.533. The third-order valence-corrected chi connectivity index (χ3v) is 3.68. The number of nitrogens with zero attached hydrogens (tertiary/aromatic N) is 2. The van der Waals surface area contributed by atoms with Gasteiger partial charge in [-0.25, -0.2) is 9.97 Å². The predicted molar refractivity (Wildman–Crippen MR) is 85.3 cm³/mol. The number of ether oxygens (including phenoxy) is 1. The molecule has 0 bridgehead atoms. The first-order valence-electron chi connectivity index (χ1n) is 6.50. The van der Waals surface area contributed by atoms with Crippen LogP contribution in [0, 0.1) is 18.8 Å². The summed E-state index contributed by atoms with van der Waals surface area (Å²) in [4.78, 5) is 8.58. The number of rotatable bonds is 4. The maximum atomic E-state index is 5.44. The number of nitrogens with two attached hydrogens (primary N) is 1. The van der Waals surface area contributed by atoms with Crippen LogP contribution in [0.2, 0.25) is 0 Å². The molecule has 2 aromatic rings. The van der Waals surface area contributed by atoms with Gasteiger partial charge in [0.2, 0.25) is 0 Å². The molecule has 0 fully saturated rings. The summed E-state index contributed by atoms with van der Waals surface area (Å²) >= 11 is 1.57. The predicted octanol–water partition coefficient (Wildman–Crippen LogP) is 2.40. The minimum Gasteiger partial charge on any atom is -0.497 e. The van der Waals surface area contributed by atoms with Crippen molar-refractivity contribution < 1.29 is 4.74 Å². The third kappa shape index (κ3) is 4.48. The van der Waals surface area contributed by atoms with E-state index < -0.39 is 0 Å². The van der Waals surface area contributed by atoms with Gasteiger partial charge in [-0.1, -0.05) is 23.6 Å². The van der Waals surface area contributed by atoms with Crippen LogP contribution < -0.4 is 10.5 Å². The fourth-order valence-electron chi connectivity index (χ4n) is 1.68. The van der Waals surface area contributed by atoms with E-state index in [1.165, 1.54) is 0 Å². The summed E-state index contributed by atoms with van der Waals surface area (Å²) in [6, 6.07) is 5.84. The van der Waals surface area contributed by atoms with Crippen LogP contribution in [-0.2, 0) is 5.75 Å². The average Bonchev–Trinajstić information content (AvgIpc) is 2.52. The Morgan fingerprint density at radius 1 is 1.29 bits per heavy atom. The molecule has 0 aliphatic rings. The molecule has 1 heterocycles. The number of thioether (sulfide) groups is 1. The van der Waals surface area contributed by atoms with E-state index >= 15 is 0 Å². The molecule has 0 atom stereocenters. The van der Waals surface area contributed by atoms with Gasteiger partial charge in [0.25, 0.3) is 0 Å². The lowest BCUT2D eigenvalue weighted by Gasteiger charge is -2.07. The van der Waals surface area contributed by atoms with Crippen molar-refractivity contribution >= 4 is 11.8 Å². The van der Waals surface area contributed by atoms with Gasteiger partial charge in [0.05, 0.1) is 13.7 Å².